The molecule has 5 heteroatoms. The van der Waals surface area contributed by atoms with Crippen LogP contribution in [-0.2, 0) is 11.2 Å². The number of aromatic amines is 1. The molecule has 142 valence electrons. The van der Waals surface area contributed by atoms with Gasteiger partial charge in [0.1, 0.15) is 11.6 Å². The van der Waals surface area contributed by atoms with Gasteiger partial charge in [-0.2, -0.15) is 0 Å². The first-order valence-electron chi connectivity index (χ1n) is 9.47. The number of hydrogen-bond acceptors (Lipinski definition) is 3. The Bertz CT molecular complexity index is 853. The zero-order chi connectivity index (χ0) is 19.2. The number of fused-ring (bicyclic) bond motifs is 1. The van der Waals surface area contributed by atoms with Gasteiger partial charge >= 0.3 is 0 Å². The quantitative estimate of drug-likeness (QED) is 0.621. The van der Waals surface area contributed by atoms with Gasteiger partial charge in [0.25, 0.3) is 0 Å². The molecule has 3 aromatic rings. The number of carbonyl (C=O) groups is 1. The largest absolute Gasteiger partial charge is 0.497 e. The third-order valence-electron chi connectivity index (χ3n) is 5.03. The topological polar surface area (TPSA) is 67.0 Å². The van der Waals surface area contributed by atoms with Crippen molar-refractivity contribution in [2.24, 2.45) is 5.92 Å². The number of para-hydroxylation sites is 2. The molecule has 0 bridgehead atoms. The molecule has 0 unspecified atom stereocenters. The molecule has 0 saturated carbocycles. The molecule has 0 aliphatic carbocycles. The van der Waals surface area contributed by atoms with E-state index in [1.54, 1.807) is 7.11 Å². The van der Waals surface area contributed by atoms with Crippen molar-refractivity contribution in [1.82, 2.24) is 15.3 Å². The Hall–Kier alpha value is -2.82. The van der Waals surface area contributed by atoms with Crippen LogP contribution in [0, 0.1) is 5.92 Å². The summed E-state index contributed by atoms with van der Waals surface area (Å²) in [6.07, 6.45) is 2.10. The van der Waals surface area contributed by atoms with E-state index in [1.165, 1.54) is 0 Å². The molecule has 27 heavy (non-hydrogen) atoms. The minimum atomic E-state index is -0.120. The second-order valence-electron chi connectivity index (χ2n) is 6.92. The van der Waals surface area contributed by atoms with E-state index in [0.717, 1.165) is 34.6 Å². The molecule has 0 fully saturated rings. The van der Waals surface area contributed by atoms with Gasteiger partial charge in [-0.05, 0) is 42.2 Å². The van der Waals surface area contributed by atoms with Gasteiger partial charge in [0, 0.05) is 6.42 Å². The number of methoxy groups -OCH3 is 1. The second-order valence-corrected chi connectivity index (χ2v) is 6.92. The van der Waals surface area contributed by atoms with Crippen molar-refractivity contribution in [1.29, 1.82) is 0 Å². The Balaban J connectivity index is 1.67. The monoisotopic (exact) mass is 365 g/mol. The highest BCUT2D eigenvalue weighted by Crippen LogP contribution is 2.25. The first-order chi connectivity index (χ1) is 13.1. The molecule has 5 nitrogen and oxygen atoms in total. The number of benzene rings is 2. The Morgan fingerprint density at radius 3 is 2.59 bits per heavy atom. The summed E-state index contributed by atoms with van der Waals surface area (Å²) in [7, 11) is 1.65. The van der Waals surface area contributed by atoms with Crippen LogP contribution in [-0.4, -0.2) is 23.0 Å². The maximum absolute atomic E-state index is 12.6. The molecule has 1 heterocycles. The normalized spacial score (nSPS) is 13.3. The fourth-order valence-corrected chi connectivity index (χ4v) is 3.13. The van der Waals surface area contributed by atoms with E-state index in [4.69, 9.17) is 4.74 Å². The van der Waals surface area contributed by atoms with Crippen LogP contribution in [0.2, 0.25) is 0 Å². The summed E-state index contributed by atoms with van der Waals surface area (Å²) in [6, 6.07) is 15.7. The van der Waals surface area contributed by atoms with Crippen LogP contribution >= 0.6 is 0 Å². The van der Waals surface area contributed by atoms with Gasteiger partial charge in [-0.3, -0.25) is 4.79 Å². The Morgan fingerprint density at radius 1 is 1.19 bits per heavy atom. The zero-order valence-corrected chi connectivity index (χ0v) is 16.2. The number of amides is 1. The predicted molar refractivity (Wildman–Crippen MR) is 108 cm³/mol. The Morgan fingerprint density at radius 2 is 1.93 bits per heavy atom. The first kappa shape index (κ1) is 19.0. The molecule has 2 atom stereocenters. The van der Waals surface area contributed by atoms with E-state index in [1.807, 2.05) is 48.5 Å². The molecule has 0 spiro atoms. The summed E-state index contributed by atoms with van der Waals surface area (Å²) in [5.74, 6) is 1.97. The summed E-state index contributed by atoms with van der Waals surface area (Å²) >= 11 is 0. The van der Waals surface area contributed by atoms with Crippen molar-refractivity contribution in [2.75, 3.05) is 7.11 Å². The van der Waals surface area contributed by atoms with Crippen LogP contribution in [0.1, 0.15) is 44.1 Å². The van der Waals surface area contributed by atoms with Gasteiger partial charge in [0.15, 0.2) is 0 Å². The average molecular weight is 365 g/mol. The number of carbonyl (C=O) groups excluding carboxylic acids is 1. The highest BCUT2D eigenvalue weighted by atomic mass is 16.5. The molecule has 0 aliphatic rings. The standard InChI is InChI=1S/C22H27N3O2/c1-4-15(2)21(22-23-18-7-5-6-8-19(18)24-22)25-20(26)14-11-16-9-12-17(27-3)13-10-16/h5-10,12-13,15,21H,4,11,14H2,1-3H3,(H,23,24)(H,25,26)/t15-,21+/m1/s1. The van der Waals surface area contributed by atoms with Crippen LogP contribution in [0.3, 0.4) is 0 Å². The van der Waals surface area contributed by atoms with E-state index in [0.29, 0.717) is 12.8 Å². The maximum Gasteiger partial charge on any atom is 0.220 e. The lowest BCUT2D eigenvalue weighted by atomic mass is 9.98. The number of nitrogens with one attached hydrogen (secondary N) is 2. The second kappa shape index (κ2) is 8.71. The maximum atomic E-state index is 12.6. The van der Waals surface area contributed by atoms with Crippen LogP contribution in [0.15, 0.2) is 48.5 Å². The van der Waals surface area contributed by atoms with Gasteiger partial charge in [-0.25, -0.2) is 4.98 Å². The van der Waals surface area contributed by atoms with Crippen molar-refractivity contribution in [3.05, 3.63) is 59.9 Å². The molecule has 2 N–H and O–H groups in total. The first-order valence-corrected chi connectivity index (χ1v) is 9.47. The zero-order valence-electron chi connectivity index (χ0n) is 16.2. The molecule has 0 radical (unpaired) electrons. The van der Waals surface area contributed by atoms with Crippen LogP contribution in [0.5, 0.6) is 5.75 Å². The summed E-state index contributed by atoms with van der Waals surface area (Å²) in [6.45, 7) is 4.27. The average Bonchev–Trinajstić information content (AvgIpc) is 3.14. The smallest absolute Gasteiger partial charge is 0.220 e. The molecular weight excluding hydrogens is 338 g/mol. The van der Waals surface area contributed by atoms with Gasteiger partial charge in [0.2, 0.25) is 5.91 Å². The Kier molecular flexibility index (Phi) is 6.12. The van der Waals surface area contributed by atoms with Crippen molar-refractivity contribution in [3.8, 4) is 5.75 Å². The number of ether oxygens (including phenoxy) is 1. The third-order valence-corrected chi connectivity index (χ3v) is 5.03. The van der Waals surface area contributed by atoms with Gasteiger partial charge in [0.05, 0.1) is 24.2 Å². The lowest BCUT2D eigenvalue weighted by Gasteiger charge is -2.22. The van der Waals surface area contributed by atoms with E-state index >= 15 is 0 Å². The van der Waals surface area contributed by atoms with Crippen LogP contribution in [0.4, 0.5) is 0 Å². The lowest BCUT2D eigenvalue weighted by molar-refractivity contribution is -0.122. The summed E-state index contributed by atoms with van der Waals surface area (Å²) in [5, 5.41) is 3.18. The highest BCUT2D eigenvalue weighted by molar-refractivity contribution is 5.77. The minimum absolute atomic E-state index is 0.0385. The van der Waals surface area contributed by atoms with E-state index in [-0.39, 0.29) is 17.9 Å². The third kappa shape index (κ3) is 4.67. The van der Waals surface area contributed by atoms with E-state index in [9.17, 15) is 4.79 Å². The SMILES string of the molecule is CC[C@@H](C)[C@H](NC(=O)CCc1ccc(OC)cc1)c1nc2ccccc2[nH]1. The van der Waals surface area contributed by atoms with Crippen molar-refractivity contribution < 1.29 is 9.53 Å². The molecule has 2 aromatic carbocycles. The molecular formula is C22H27N3O2. The van der Waals surface area contributed by atoms with E-state index in [2.05, 4.69) is 29.1 Å². The van der Waals surface area contributed by atoms with Crippen molar-refractivity contribution >= 4 is 16.9 Å². The highest BCUT2D eigenvalue weighted by Gasteiger charge is 2.23. The van der Waals surface area contributed by atoms with Crippen LogP contribution < -0.4 is 10.1 Å². The summed E-state index contributed by atoms with van der Waals surface area (Å²) in [4.78, 5) is 20.6. The van der Waals surface area contributed by atoms with Gasteiger partial charge < -0.3 is 15.0 Å². The van der Waals surface area contributed by atoms with Gasteiger partial charge in [-0.15, -0.1) is 0 Å². The lowest BCUT2D eigenvalue weighted by Crippen LogP contribution is -2.33. The summed E-state index contributed by atoms with van der Waals surface area (Å²) < 4.78 is 5.17. The van der Waals surface area contributed by atoms with Crippen LogP contribution in [0.25, 0.3) is 11.0 Å². The number of rotatable bonds is 8. The van der Waals surface area contributed by atoms with Gasteiger partial charge in [-0.1, -0.05) is 44.5 Å². The fourth-order valence-electron chi connectivity index (χ4n) is 3.13. The summed E-state index contributed by atoms with van der Waals surface area (Å²) in [5.41, 5.74) is 3.04. The minimum Gasteiger partial charge on any atom is -0.497 e. The van der Waals surface area contributed by atoms with Crippen molar-refractivity contribution in [3.63, 3.8) is 0 Å². The predicted octanol–water partition coefficient (Wildman–Crippen LogP) is 4.41. The molecule has 0 saturated heterocycles. The number of H-pyrrole nitrogens is 1. The number of aromatic nitrogens is 2. The Labute approximate surface area is 160 Å². The molecule has 1 amide bonds. The molecule has 3 rings (SSSR count). The molecule has 0 aliphatic heterocycles. The number of nitrogens with zero attached hydrogens (tertiary/aromatic N) is 1. The number of hydrogen-bond donors (Lipinski definition) is 2. The number of aryl methyl sites for hydroxylation is 1. The fraction of sp³-hybridized carbons (Fsp3) is 0.364. The van der Waals surface area contributed by atoms with Crippen molar-refractivity contribution in [2.45, 2.75) is 39.2 Å². The molecule has 1 aromatic heterocycles. The van der Waals surface area contributed by atoms with E-state index < -0.39 is 0 Å². The number of imidazole rings is 1.